The van der Waals surface area contributed by atoms with Crippen LogP contribution < -0.4 is 14.8 Å². The Labute approximate surface area is 235 Å². The number of aryl methyl sites for hydroxylation is 1. The van der Waals surface area contributed by atoms with Crippen LogP contribution in [0.2, 0.25) is 5.02 Å². The third-order valence-electron chi connectivity index (χ3n) is 5.58. The van der Waals surface area contributed by atoms with Crippen LogP contribution in [0.15, 0.2) is 101 Å². The summed E-state index contributed by atoms with van der Waals surface area (Å²) in [6.45, 7) is 2.85. The van der Waals surface area contributed by atoms with E-state index in [1.165, 1.54) is 11.6 Å². The van der Waals surface area contributed by atoms with Crippen molar-refractivity contribution in [3.05, 3.63) is 128 Å². The molecule has 38 heavy (non-hydrogen) atoms. The number of hydrogen-bond donors (Lipinski definition) is 1. The topological polar surface area (TPSA) is 71.3 Å². The van der Waals surface area contributed by atoms with E-state index in [2.05, 4.69) is 21.2 Å². The van der Waals surface area contributed by atoms with Crippen molar-refractivity contribution >= 4 is 45.2 Å². The minimum atomic E-state index is -0.521. The van der Waals surface area contributed by atoms with Crippen molar-refractivity contribution in [2.75, 3.05) is 5.32 Å². The van der Waals surface area contributed by atoms with Crippen molar-refractivity contribution in [2.45, 2.75) is 20.1 Å². The van der Waals surface area contributed by atoms with E-state index in [0.29, 0.717) is 41.0 Å². The van der Waals surface area contributed by atoms with Crippen molar-refractivity contribution in [1.29, 1.82) is 5.26 Å². The van der Waals surface area contributed by atoms with E-state index in [4.69, 9.17) is 21.1 Å². The number of amides is 1. The molecule has 0 spiro atoms. The Kier molecular flexibility index (Phi) is 9.21. The van der Waals surface area contributed by atoms with E-state index in [0.717, 1.165) is 15.6 Å². The molecule has 0 unspecified atom stereocenters. The monoisotopic (exact) mass is 586 g/mol. The zero-order valence-corrected chi connectivity index (χ0v) is 22.9. The third-order valence-corrected chi connectivity index (χ3v) is 6.40. The van der Waals surface area contributed by atoms with Crippen LogP contribution in [-0.4, -0.2) is 5.91 Å². The Morgan fingerprint density at radius 1 is 0.921 bits per heavy atom. The minimum Gasteiger partial charge on any atom is -0.489 e. The smallest absolute Gasteiger partial charge is 0.266 e. The number of carbonyl (C=O) groups excluding carboxylic acids is 1. The Bertz CT molecular complexity index is 1480. The van der Waals surface area contributed by atoms with Crippen molar-refractivity contribution in [2.24, 2.45) is 0 Å². The summed E-state index contributed by atoms with van der Waals surface area (Å²) in [5, 5.41) is 12.7. The van der Waals surface area contributed by atoms with Gasteiger partial charge in [0, 0.05) is 10.2 Å². The number of nitriles is 1. The highest BCUT2D eigenvalue weighted by Crippen LogP contribution is 2.28. The van der Waals surface area contributed by atoms with Gasteiger partial charge in [0.25, 0.3) is 5.91 Å². The van der Waals surface area contributed by atoms with Crippen molar-refractivity contribution in [3.8, 4) is 17.6 Å². The molecule has 0 bridgehead atoms. The van der Waals surface area contributed by atoms with Gasteiger partial charge in [-0.25, -0.2) is 0 Å². The molecule has 4 rings (SSSR count). The molecular formula is C31H24BrClN2O3. The van der Waals surface area contributed by atoms with Crippen molar-refractivity contribution in [3.63, 3.8) is 0 Å². The molecule has 0 fully saturated rings. The van der Waals surface area contributed by atoms with Gasteiger partial charge >= 0.3 is 0 Å². The molecule has 5 nitrogen and oxygen atoms in total. The molecule has 0 aromatic heterocycles. The molecule has 0 heterocycles. The van der Waals surface area contributed by atoms with Gasteiger partial charge in [-0.3, -0.25) is 4.79 Å². The molecule has 1 amide bonds. The lowest BCUT2D eigenvalue weighted by atomic mass is 10.1. The van der Waals surface area contributed by atoms with Crippen LogP contribution in [0.3, 0.4) is 0 Å². The SMILES string of the molecule is Cc1ccc(COc2ccc(NC(=O)/C(C#N)=C/c3ccc(OCc4ccc(Br)cc4)c(Cl)c3)cc2)cc1. The molecular weight excluding hydrogens is 564 g/mol. The molecule has 1 N–H and O–H groups in total. The number of carbonyl (C=O) groups is 1. The molecule has 190 valence electrons. The number of ether oxygens (including phenoxy) is 2. The number of halogens is 2. The predicted octanol–water partition coefficient (Wildman–Crippen LogP) is 8.11. The number of anilines is 1. The lowest BCUT2D eigenvalue weighted by molar-refractivity contribution is -0.112. The maximum absolute atomic E-state index is 12.7. The van der Waals surface area contributed by atoms with E-state index < -0.39 is 5.91 Å². The van der Waals surface area contributed by atoms with Gasteiger partial charge < -0.3 is 14.8 Å². The van der Waals surface area contributed by atoms with E-state index in [1.807, 2.05) is 61.5 Å². The van der Waals surface area contributed by atoms with Crippen LogP contribution >= 0.6 is 27.5 Å². The summed E-state index contributed by atoms with van der Waals surface area (Å²) in [5.41, 5.74) is 4.38. The summed E-state index contributed by atoms with van der Waals surface area (Å²) in [7, 11) is 0. The molecule has 0 saturated heterocycles. The maximum atomic E-state index is 12.7. The third kappa shape index (κ3) is 7.72. The lowest BCUT2D eigenvalue weighted by Crippen LogP contribution is -2.13. The summed E-state index contributed by atoms with van der Waals surface area (Å²) >= 11 is 9.79. The van der Waals surface area contributed by atoms with Gasteiger partial charge in [0.1, 0.15) is 36.4 Å². The molecule has 7 heteroatoms. The Balaban J connectivity index is 1.34. The first-order valence-electron chi connectivity index (χ1n) is 11.8. The molecule has 4 aromatic rings. The minimum absolute atomic E-state index is 0.0516. The second-order valence-electron chi connectivity index (χ2n) is 8.53. The van der Waals surface area contributed by atoms with Crippen molar-refractivity contribution < 1.29 is 14.3 Å². The molecule has 0 aliphatic heterocycles. The fraction of sp³-hybridized carbons (Fsp3) is 0.0968. The van der Waals surface area contributed by atoms with E-state index >= 15 is 0 Å². The van der Waals surface area contributed by atoms with Crippen LogP contribution in [0.5, 0.6) is 11.5 Å². The summed E-state index contributed by atoms with van der Waals surface area (Å²) < 4.78 is 12.6. The highest BCUT2D eigenvalue weighted by molar-refractivity contribution is 9.10. The normalized spacial score (nSPS) is 10.9. The van der Waals surface area contributed by atoms with Crippen LogP contribution in [0, 0.1) is 18.3 Å². The van der Waals surface area contributed by atoms with Gasteiger partial charge in [-0.15, -0.1) is 0 Å². The van der Waals surface area contributed by atoms with Gasteiger partial charge in [-0.2, -0.15) is 5.26 Å². The zero-order chi connectivity index (χ0) is 26.9. The number of rotatable bonds is 9. The molecule has 0 saturated carbocycles. The van der Waals surface area contributed by atoms with Gasteiger partial charge in [0.15, 0.2) is 0 Å². The second-order valence-corrected chi connectivity index (χ2v) is 9.85. The van der Waals surface area contributed by atoms with E-state index in [9.17, 15) is 10.1 Å². The Hall–Kier alpha value is -4.05. The largest absolute Gasteiger partial charge is 0.489 e. The Morgan fingerprint density at radius 3 is 2.18 bits per heavy atom. The zero-order valence-electron chi connectivity index (χ0n) is 20.6. The average molecular weight is 588 g/mol. The highest BCUT2D eigenvalue weighted by Gasteiger charge is 2.11. The Morgan fingerprint density at radius 2 is 1.55 bits per heavy atom. The average Bonchev–Trinajstić information content (AvgIpc) is 2.92. The number of benzene rings is 4. The fourth-order valence-electron chi connectivity index (χ4n) is 3.46. The first kappa shape index (κ1) is 27.0. The highest BCUT2D eigenvalue weighted by atomic mass is 79.9. The standard InChI is InChI=1S/C31H24BrClN2O3/c1-21-2-4-22(5-3-21)19-37-28-13-11-27(12-14-28)35-31(36)25(18-34)16-24-8-15-30(29(33)17-24)38-20-23-6-9-26(32)10-7-23/h2-17H,19-20H2,1H3,(H,35,36)/b25-16+. The van der Waals surface area contributed by atoms with E-state index in [-0.39, 0.29) is 5.57 Å². The van der Waals surface area contributed by atoms with E-state index in [1.54, 1.807) is 42.5 Å². The molecule has 0 radical (unpaired) electrons. The first-order valence-corrected chi connectivity index (χ1v) is 12.9. The molecule has 4 aromatic carbocycles. The predicted molar refractivity (Wildman–Crippen MR) is 154 cm³/mol. The quantitative estimate of drug-likeness (QED) is 0.159. The summed E-state index contributed by atoms with van der Waals surface area (Å²) in [5.74, 6) is 0.670. The molecule has 0 aliphatic rings. The first-order chi connectivity index (χ1) is 18.4. The second kappa shape index (κ2) is 13.0. The van der Waals surface area contributed by atoms with Gasteiger partial charge in [0.05, 0.1) is 5.02 Å². The van der Waals surface area contributed by atoms with Crippen LogP contribution in [0.4, 0.5) is 5.69 Å². The maximum Gasteiger partial charge on any atom is 0.266 e. The summed E-state index contributed by atoms with van der Waals surface area (Å²) in [6.07, 6.45) is 1.48. The summed E-state index contributed by atoms with van der Waals surface area (Å²) in [4.78, 5) is 12.7. The van der Waals surface area contributed by atoms with Crippen LogP contribution in [0.1, 0.15) is 22.3 Å². The molecule has 0 aliphatic carbocycles. The fourth-order valence-corrected chi connectivity index (χ4v) is 3.97. The summed E-state index contributed by atoms with van der Waals surface area (Å²) in [6, 6.07) is 30.0. The lowest BCUT2D eigenvalue weighted by Gasteiger charge is -2.10. The van der Waals surface area contributed by atoms with Gasteiger partial charge in [0.2, 0.25) is 0 Å². The number of hydrogen-bond acceptors (Lipinski definition) is 4. The van der Waals surface area contributed by atoms with Crippen molar-refractivity contribution in [1.82, 2.24) is 0 Å². The molecule has 0 atom stereocenters. The number of nitrogens with one attached hydrogen (secondary N) is 1. The van der Waals surface area contributed by atoms with Gasteiger partial charge in [-0.05, 0) is 78.2 Å². The van der Waals surface area contributed by atoms with Crippen LogP contribution in [0.25, 0.3) is 6.08 Å². The van der Waals surface area contributed by atoms with Gasteiger partial charge in [-0.1, -0.05) is 75.6 Å². The van der Waals surface area contributed by atoms with Crippen LogP contribution in [-0.2, 0) is 18.0 Å². The number of nitrogens with zero attached hydrogens (tertiary/aromatic N) is 1.